The van der Waals surface area contributed by atoms with Crippen LogP contribution in [0.2, 0.25) is 0 Å². The number of nitrogens with one attached hydrogen (secondary N) is 3. The summed E-state index contributed by atoms with van der Waals surface area (Å²) in [7, 11) is 0. The SMILES string of the molecule is CCNc1cc(C)ccc1C(=O)NC(C)c1cn[nH]c1. The van der Waals surface area contributed by atoms with Gasteiger partial charge in [-0.3, -0.25) is 9.89 Å². The van der Waals surface area contributed by atoms with Gasteiger partial charge in [0.2, 0.25) is 0 Å². The van der Waals surface area contributed by atoms with Crippen LogP contribution in [0.3, 0.4) is 0 Å². The summed E-state index contributed by atoms with van der Waals surface area (Å²) in [6.45, 7) is 6.74. The van der Waals surface area contributed by atoms with E-state index in [2.05, 4.69) is 20.8 Å². The number of aryl methyl sites for hydroxylation is 1. The van der Waals surface area contributed by atoms with Crippen molar-refractivity contribution < 1.29 is 4.79 Å². The third kappa shape index (κ3) is 3.17. The molecule has 1 unspecified atom stereocenters. The molecule has 0 aliphatic rings. The summed E-state index contributed by atoms with van der Waals surface area (Å²) in [6, 6.07) is 5.70. The van der Waals surface area contributed by atoms with E-state index in [1.54, 1.807) is 12.4 Å². The summed E-state index contributed by atoms with van der Waals surface area (Å²) in [4.78, 5) is 12.4. The summed E-state index contributed by atoms with van der Waals surface area (Å²) in [5, 5.41) is 12.8. The molecule has 0 aliphatic heterocycles. The van der Waals surface area contributed by atoms with Crippen molar-refractivity contribution in [3.8, 4) is 0 Å². The van der Waals surface area contributed by atoms with Gasteiger partial charge in [-0.05, 0) is 38.5 Å². The van der Waals surface area contributed by atoms with Crippen LogP contribution in [0, 0.1) is 6.92 Å². The molecule has 0 saturated carbocycles. The third-order valence-electron chi connectivity index (χ3n) is 3.15. The second-order valence-electron chi connectivity index (χ2n) is 4.81. The first-order valence-corrected chi connectivity index (χ1v) is 6.76. The van der Waals surface area contributed by atoms with Crippen molar-refractivity contribution >= 4 is 11.6 Å². The summed E-state index contributed by atoms with van der Waals surface area (Å²) in [5.74, 6) is -0.0883. The quantitative estimate of drug-likeness (QED) is 0.783. The molecule has 0 saturated heterocycles. The minimum Gasteiger partial charge on any atom is -0.385 e. The molecule has 1 atom stereocenters. The number of benzene rings is 1. The maximum Gasteiger partial charge on any atom is 0.253 e. The van der Waals surface area contributed by atoms with Crippen LogP contribution in [-0.2, 0) is 0 Å². The molecule has 106 valence electrons. The summed E-state index contributed by atoms with van der Waals surface area (Å²) in [5.41, 5.74) is 3.60. The first kappa shape index (κ1) is 14.1. The molecule has 1 aromatic carbocycles. The molecule has 3 N–H and O–H groups in total. The van der Waals surface area contributed by atoms with Gasteiger partial charge in [0.05, 0.1) is 17.8 Å². The van der Waals surface area contributed by atoms with Gasteiger partial charge in [-0.2, -0.15) is 5.10 Å². The van der Waals surface area contributed by atoms with Gasteiger partial charge in [-0.1, -0.05) is 6.07 Å². The molecular weight excluding hydrogens is 252 g/mol. The maximum atomic E-state index is 12.4. The first-order chi connectivity index (χ1) is 9.61. The van der Waals surface area contributed by atoms with E-state index in [9.17, 15) is 4.79 Å². The number of aromatic nitrogens is 2. The molecule has 20 heavy (non-hydrogen) atoms. The molecule has 0 aliphatic carbocycles. The third-order valence-corrected chi connectivity index (χ3v) is 3.15. The number of H-pyrrole nitrogens is 1. The number of hydrogen-bond acceptors (Lipinski definition) is 3. The highest BCUT2D eigenvalue weighted by Crippen LogP contribution is 2.19. The molecule has 0 radical (unpaired) electrons. The molecule has 5 heteroatoms. The van der Waals surface area contributed by atoms with Crippen LogP contribution in [0.15, 0.2) is 30.6 Å². The first-order valence-electron chi connectivity index (χ1n) is 6.76. The zero-order valence-corrected chi connectivity index (χ0v) is 12.0. The number of anilines is 1. The van der Waals surface area contributed by atoms with Crippen LogP contribution in [0.5, 0.6) is 0 Å². The van der Waals surface area contributed by atoms with E-state index < -0.39 is 0 Å². The monoisotopic (exact) mass is 272 g/mol. The van der Waals surface area contributed by atoms with Crippen molar-refractivity contribution in [2.24, 2.45) is 0 Å². The number of carbonyl (C=O) groups excluding carboxylic acids is 1. The van der Waals surface area contributed by atoms with Gasteiger partial charge < -0.3 is 10.6 Å². The molecular formula is C15H20N4O. The Bertz CT molecular complexity index is 578. The Labute approximate surface area is 118 Å². The number of aromatic amines is 1. The Kier molecular flexibility index (Phi) is 4.40. The molecule has 5 nitrogen and oxygen atoms in total. The minimum atomic E-state index is -0.0883. The molecule has 0 bridgehead atoms. The Balaban J connectivity index is 2.16. The zero-order valence-electron chi connectivity index (χ0n) is 12.0. The normalized spacial score (nSPS) is 11.9. The van der Waals surface area contributed by atoms with Crippen LogP contribution in [0.25, 0.3) is 0 Å². The zero-order chi connectivity index (χ0) is 14.5. The van der Waals surface area contributed by atoms with Crippen molar-refractivity contribution in [3.05, 3.63) is 47.3 Å². The summed E-state index contributed by atoms with van der Waals surface area (Å²) in [6.07, 6.45) is 3.50. The van der Waals surface area contributed by atoms with E-state index in [1.165, 1.54) is 0 Å². The fraction of sp³-hybridized carbons (Fsp3) is 0.333. The van der Waals surface area contributed by atoms with Gasteiger partial charge in [-0.15, -0.1) is 0 Å². The van der Waals surface area contributed by atoms with Crippen molar-refractivity contribution in [3.63, 3.8) is 0 Å². The Morgan fingerprint density at radius 1 is 1.45 bits per heavy atom. The van der Waals surface area contributed by atoms with Crippen LogP contribution in [-0.4, -0.2) is 22.6 Å². The van der Waals surface area contributed by atoms with Gasteiger partial charge in [0.25, 0.3) is 5.91 Å². The number of amides is 1. The van der Waals surface area contributed by atoms with E-state index in [1.807, 2.05) is 39.0 Å². The lowest BCUT2D eigenvalue weighted by Gasteiger charge is -2.15. The average molecular weight is 272 g/mol. The predicted octanol–water partition coefficient (Wildman–Crippen LogP) is 2.64. The van der Waals surface area contributed by atoms with E-state index >= 15 is 0 Å². The number of rotatable bonds is 5. The fourth-order valence-corrected chi connectivity index (χ4v) is 2.05. The number of hydrogen-bond donors (Lipinski definition) is 3. The maximum absolute atomic E-state index is 12.4. The molecule has 0 spiro atoms. The lowest BCUT2D eigenvalue weighted by Crippen LogP contribution is -2.27. The van der Waals surface area contributed by atoms with Crippen molar-refractivity contribution in [2.75, 3.05) is 11.9 Å². The second-order valence-corrected chi connectivity index (χ2v) is 4.81. The Hall–Kier alpha value is -2.30. The second kappa shape index (κ2) is 6.23. The van der Waals surface area contributed by atoms with Crippen LogP contribution in [0.1, 0.15) is 41.4 Å². The highest BCUT2D eigenvalue weighted by atomic mass is 16.1. The smallest absolute Gasteiger partial charge is 0.253 e. The average Bonchev–Trinajstić information content (AvgIpc) is 2.93. The van der Waals surface area contributed by atoms with E-state index in [-0.39, 0.29) is 11.9 Å². The molecule has 1 heterocycles. The van der Waals surface area contributed by atoms with E-state index in [4.69, 9.17) is 0 Å². The van der Waals surface area contributed by atoms with E-state index in [0.29, 0.717) is 5.56 Å². The topological polar surface area (TPSA) is 69.8 Å². The number of nitrogens with zero attached hydrogens (tertiary/aromatic N) is 1. The molecule has 1 aromatic heterocycles. The van der Waals surface area contributed by atoms with Crippen LogP contribution < -0.4 is 10.6 Å². The minimum absolute atomic E-state index is 0.0861. The largest absolute Gasteiger partial charge is 0.385 e. The molecule has 0 fully saturated rings. The Morgan fingerprint density at radius 3 is 2.90 bits per heavy atom. The van der Waals surface area contributed by atoms with Gasteiger partial charge >= 0.3 is 0 Å². The highest BCUT2D eigenvalue weighted by molar-refractivity contribution is 5.99. The van der Waals surface area contributed by atoms with Gasteiger partial charge in [0, 0.05) is 24.0 Å². The van der Waals surface area contributed by atoms with Gasteiger partial charge in [-0.25, -0.2) is 0 Å². The van der Waals surface area contributed by atoms with Crippen LogP contribution >= 0.6 is 0 Å². The number of carbonyl (C=O) groups is 1. The van der Waals surface area contributed by atoms with Crippen molar-refractivity contribution in [2.45, 2.75) is 26.8 Å². The molecule has 2 rings (SSSR count). The van der Waals surface area contributed by atoms with Crippen molar-refractivity contribution in [1.29, 1.82) is 0 Å². The lowest BCUT2D eigenvalue weighted by atomic mass is 10.1. The van der Waals surface area contributed by atoms with Crippen LogP contribution in [0.4, 0.5) is 5.69 Å². The van der Waals surface area contributed by atoms with Gasteiger partial charge in [0.15, 0.2) is 0 Å². The fourth-order valence-electron chi connectivity index (χ4n) is 2.05. The molecule has 1 amide bonds. The van der Waals surface area contributed by atoms with Crippen molar-refractivity contribution in [1.82, 2.24) is 15.5 Å². The standard InChI is InChI=1S/C15H20N4O/c1-4-16-14-7-10(2)5-6-13(14)15(20)19-11(3)12-8-17-18-9-12/h5-9,11,16H,4H2,1-3H3,(H,17,18)(H,19,20). The Morgan fingerprint density at radius 2 is 2.25 bits per heavy atom. The van der Waals surface area contributed by atoms with Gasteiger partial charge in [0.1, 0.15) is 0 Å². The molecule has 2 aromatic rings. The summed E-state index contributed by atoms with van der Waals surface area (Å²) >= 11 is 0. The van der Waals surface area contributed by atoms with E-state index in [0.717, 1.165) is 23.4 Å². The lowest BCUT2D eigenvalue weighted by molar-refractivity contribution is 0.0940. The predicted molar refractivity (Wildman–Crippen MR) is 79.8 cm³/mol. The highest BCUT2D eigenvalue weighted by Gasteiger charge is 2.15. The summed E-state index contributed by atoms with van der Waals surface area (Å²) < 4.78 is 0.